The number of hydrogen-bond donors (Lipinski definition) is 1. The first-order valence-corrected chi connectivity index (χ1v) is 9.28. The van der Waals surface area contributed by atoms with Gasteiger partial charge in [0, 0.05) is 16.1 Å². The summed E-state index contributed by atoms with van der Waals surface area (Å²) in [4.78, 5) is 11.2. The zero-order chi connectivity index (χ0) is 17.8. The molecule has 0 aromatic heterocycles. The van der Waals surface area contributed by atoms with Crippen molar-refractivity contribution in [3.63, 3.8) is 0 Å². The number of anilines is 1. The molecular weight excluding hydrogens is 398 g/mol. The Morgan fingerprint density at radius 3 is 2.77 bits per heavy atom. The van der Waals surface area contributed by atoms with E-state index in [0.717, 1.165) is 39.2 Å². The van der Waals surface area contributed by atoms with Crippen LogP contribution >= 0.6 is 15.9 Å². The topological polar surface area (TPSA) is 70.6 Å². The summed E-state index contributed by atoms with van der Waals surface area (Å²) in [6.45, 7) is 0.242. The van der Waals surface area contributed by atoms with Gasteiger partial charge in [0.2, 0.25) is 6.79 Å². The summed E-state index contributed by atoms with van der Waals surface area (Å²) in [6.07, 6.45) is 5.28. The van der Waals surface area contributed by atoms with Gasteiger partial charge >= 0.3 is 0 Å². The number of aromatic carboxylic acids is 1. The van der Waals surface area contributed by atoms with E-state index in [0.29, 0.717) is 5.92 Å². The van der Waals surface area contributed by atoms with Crippen molar-refractivity contribution < 1.29 is 19.4 Å². The number of hydrogen-bond acceptors (Lipinski definition) is 5. The third-order valence-corrected chi connectivity index (χ3v) is 6.11. The van der Waals surface area contributed by atoms with Gasteiger partial charge in [-0.3, -0.25) is 0 Å². The lowest BCUT2D eigenvalue weighted by Crippen LogP contribution is -2.30. The highest BCUT2D eigenvalue weighted by Crippen LogP contribution is 2.52. The standard InChI is InChI=1S/C20H16BrNO4/c21-15-8-18-17(25-9-26-18)7-14(15)19-12-3-1-2-11(12)13-6-10(20(23)24)4-5-16(13)22-19/h1-2,4-8,11-12,19,22H,3,9H2,(H,23,24)/p-1/t11-,12-,19-/m1/s1. The smallest absolute Gasteiger partial charge is 0.231 e. The van der Waals surface area contributed by atoms with Crippen LogP contribution in [0, 0.1) is 5.92 Å². The SMILES string of the molecule is O=C([O-])c1ccc2c(c1)[C@@H]1C=CC[C@H]1[C@H](c1cc3c(cc1Br)OCO3)N2. The minimum Gasteiger partial charge on any atom is -0.545 e. The monoisotopic (exact) mass is 412 g/mol. The Hall–Kier alpha value is -2.47. The second kappa shape index (κ2) is 5.77. The Morgan fingerprint density at radius 1 is 1.15 bits per heavy atom. The predicted molar refractivity (Wildman–Crippen MR) is 97.4 cm³/mol. The summed E-state index contributed by atoms with van der Waals surface area (Å²) < 4.78 is 12.0. The van der Waals surface area contributed by atoms with Crippen LogP contribution in [-0.2, 0) is 0 Å². The number of carbonyl (C=O) groups excluding carboxylic acids is 1. The van der Waals surface area contributed by atoms with Gasteiger partial charge in [-0.1, -0.05) is 34.1 Å². The Morgan fingerprint density at radius 2 is 1.96 bits per heavy atom. The summed E-state index contributed by atoms with van der Waals surface area (Å²) in [6, 6.07) is 9.21. The third kappa shape index (κ3) is 2.32. The number of rotatable bonds is 2. The predicted octanol–water partition coefficient (Wildman–Crippen LogP) is 3.37. The van der Waals surface area contributed by atoms with Crippen LogP contribution in [-0.4, -0.2) is 12.8 Å². The molecule has 0 unspecified atom stereocenters. The average molecular weight is 413 g/mol. The summed E-state index contributed by atoms with van der Waals surface area (Å²) in [5.41, 5.74) is 3.30. The molecule has 5 nitrogen and oxygen atoms in total. The van der Waals surface area contributed by atoms with Crippen LogP contribution in [0.2, 0.25) is 0 Å². The van der Waals surface area contributed by atoms with Gasteiger partial charge in [-0.2, -0.15) is 0 Å². The van der Waals surface area contributed by atoms with E-state index in [4.69, 9.17) is 9.47 Å². The maximum atomic E-state index is 11.2. The van der Waals surface area contributed by atoms with Crippen molar-refractivity contribution in [3.05, 3.63) is 63.6 Å². The second-order valence-corrected chi connectivity index (χ2v) is 7.65. The number of benzene rings is 2. The zero-order valence-electron chi connectivity index (χ0n) is 13.7. The molecule has 2 aromatic rings. The van der Waals surface area contributed by atoms with Crippen LogP contribution in [0.4, 0.5) is 5.69 Å². The van der Waals surface area contributed by atoms with Crippen LogP contribution < -0.4 is 19.9 Å². The second-order valence-electron chi connectivity index (χ2n) is 6.79. The minimum absolute atomic E-state index is 0.0835. The Kier molecular flexibility index (Phi) is 3.50. The highest BCUT2D eigenvalue weighted by Gasteiger charge is 2.39. The number of carboxylic acid groups (broad SMARTS) is 1. The van der Waals surface area contributed by atoms with Crippen molar-refractivity contribution in [1.29, 1.82) is 0 Å². The van der Waals surface area contributed by atoms with E-state index in [9.17, 15) is 9.90 Å². The van der Waals surface area contributed by atoms with Crippen molar-refractivity contribution in [1.82, 2.24) is 0 Å². The molecular formula is C20H15BrNO4-. The van der Waals surface area contributed by atoms with E-state index < -0.39 is 5.97 Å². The number of nitrogens with one attached hydrogen (secondary N) is 1. The first kappa shape index (κ1) is 15.8. The Balaban J connectivity index is 1.59. The summed E-state index contributed by atoms with van der Waals surface area (Å²) >= 11 is 3.67. The quantitative estimate of drug-likeness (QED) is 0.765. The normalized spacial score (nSPS) is 24.7. The van der Waals surface area contributed by atoms with Crippen LogP contribution in [0.5, 0.6) is 11.5 Å². The maximum Gasteiger partial charge on any atom is 0.231 e. The minimum atomic E-state index is -1.15. The largest absolute Gasteiger partial charge is 0.545 e. The molecule has 0 radical (unpaired) electrons. The molecule has 2 aliphatic heterocycles. The van der Waals surface area contributed by atoms with Crippen molar-refractivity contribution in [3.8, 4) is 11.5 Å². The van der Waals surface area contributed by atoms with Gasteiger partial charge in [-0.25, -0.2) is 0 Å². The van der Waals surface area contributed by atoms with Gasteiger partial charge in [0.05, 0.1) is 12.0 Å². The van der Waals surface area contributed by atoms with Crippen LogP contribution in [0.1, 0.15) is 39.9 Å². The van der Waals surface area contributed by atoms with E-state index in [2.05, 4.69) is 33.4 Å². The summed E-state index contributed by atoms with van der Waals surface area (Å²) in [7, 11) is 0. The maximum absolute atomic E-state index is 11.2. The zero-order valence-corrected chi connectivity index (χ0v) is 15.3. The van der Waals surface area contributed by atoms with Crippen LogP contribution in [0.25, 0.3) is 0 Å². The molecule has 0 saturated heterocycles. The van der Waals surface area contributed by atoms with Gasteiger partial charge in [0.1, 0.15) is 0 Å². The lowest BCUT2D eigenvalue weighted by Gasteiger charge is -2.38. The van der Waals surface area contributed by atoms with E-state index in [-0.39, 0.29) is 24.3 Å². The number of allylic oxidation sites excluding steroid dienone is 2. The fraction of sp³-hybridized carbons (Fsp3) is 0.250. The van der Waals surface area contributed by atoms with Crippen molar-refractivity contribution >= 4 is 27.6 Å². The lowest BCUT2D eigenvalue weighted by molar-refractivity contribution is -0.255. The molecule has 1 N–H and O–H groups in total. The fourth-order valence-corrected chi connectivity index (χ4v) is 4.77. The lowest BCUT2D eigenvalue weighted by atomic mass is 9.76. The van der Waals surface area contributed by atoms with Gasteiger partial charge in [-0.15, -0.1) is 0 Å². The van der Waals surface area contributed by atoms with E-state index in [1.54, 1.807) is 12.1 Å². The molecule has 0 amide bonds. The molecule has 0 saturated carbocycles. The van der Waals surface area contributed by atoms with Crippen molar-refractivity contribution in [2.45, 2.75) is 18.4 Å². The molecule has 3 aliphatic rings. The van der Waals surface area contributed by atoms with Gasteiger partial charge in [0.15, 0.2) is 11.5 Å². The van der Waals surface area contributed by atoms with Gasteiger partial charge < -0.3 is 24.7 Å². The van der Waals surface area contributed by atoms with E-state index in [1.807, 2.05) is 18.2 Å². The Labute approximate surface area is 158 Å². The van der Waals surface area contributed by atoms with Crippen LogP contribution in [0.3, 0.4) is 0 Å². The molecule has 2 aromatic carbocycles. The average Bonchev–Trinajstić information content (AvgIpc) is 3.29. The molecule has 26 heavy (non-hydrogen) atoms. The third-order valence-electron chi connectivity index (χ3n) is 5.43. The number of carbonyl (C=O) groups is 1. The molecule has 0 bridgehead atoms. The van der Waals surface area contributed by atoms with Gasteiger partial charge in [0.25, 0.3) is 0 Å². The molecule has 6 heteroatoms. The Bertz CT molecular complexity index is 955. The van der Waals surface area contributed by atoms with Crippen molar-refractivity contribution in [2.24, 2.45) is 5.92 Å². The van der Waals surface area contributed by atoms with Gasteiger partial charge in [-0.05, 0) is 53.3 Å². The number of carboxylic acids is 1. The summed E-state index contributed by atoms with van der Waals surface area (Å²) in [5.74, 6) is 0.832. The fourth-order valence-electron chi connectivity index (χ4n) is 4.20. The van der Waals surface area contributed by atoms with E-state index in [1.165, 1.54) is 0 Å². The summed E-state index contributed by atoms with van der Waals surface area (Å²) in [5, 5.41) is 14.8. The highest BCUT2D eigenvalue weighted by molar-refractivity contribution is 9.10. The van der Waals surface area contributed by atoms with E-state index >= 15 is 0 Å². The molecule has 0 spiro atoms. The highest BCUT2D eigenvalue weighted by atomic mass is 79.9. The first-order valence-electron chi connectivity index (χ1n) is 8.49. The van der Waals surface area contributed by atoms with Crippen LogP contribution in [0.15, 0.2) is 47.0 Å². The number of halogens is 1. The number of ether oxygens (including phenoxy) is 2. The number of fused-ring (bicyclic) bond motifs is 4. The molecule has 3 atom stereocenters. The van der Waals surface area contributed by atoms with Crippen molar-refractivity contribution in [2.75, 3.05) is 12.1 Å². The molecule has 132 valence electrons. The molecule has 2 heterocycles. The first-order chi connectivity index (χ1) is 12.6. The molecule has 0 fully saturated rings. The molecule has 1 aliphatic carbocycles. The molecule has 5 rings (SSSR count).